The molecule has 0 atom stereocenters. The first-order chi connectivity index (χ1) is 10.5. The van der Waals surface area contributed by atoms with E-state index < -0.39 is 39.1 Å². The second-order valence-corrected chi connectivity index (χ2v) is 7.11. The molecule has 2 N–H and O–H groups in total. The number of alkyl halides is 3. The molecule has 0 aliphatic rings. The van der Waals surface area contributed by atoms with Crippen molar-refractivity contribution < 1.29 is 26.4 Å². The molecule has 0 bridgehead atoms. The molecule has 0 aliphatic heterocycles. The summed E-state index contributed by atoms with van der Waals surface area (Å²) >= 11 is 5.76. The summed E-state index contributed by atoms with van der Waals surface area (Å²) in [6.07, 6.45) is -3.67. The van der Waals surface area contributed by atoms with Crippen LogP contribution in [0.25, 0.3) is 0 Å². The molecule has 10 heteroatoms. The van der Waals surface area contributed by atoms with Crippen LogP contribution in [0.1, 0.15) is 25.3 Å². The average Bonchev–Trinajstić information content (AvgIpc) is 2.41. The third-order valence-electron chi connectivity index (χ3n) is 2.97. The summed E-state index contributed by atoms with van der Waals surface area (Å²) in [5.74, 6) is -0.909. The average molecular weight is 373 g/mol. The van der Waals surface area contributed by atoms with Gasteiger partial charge in [0.25, 0.3) is 0 Å². The SMILES string of the molecule is CCCCN(CC(N)=O)S(=O)(=O)c1cc(C(F)(F)F)ccc1Cl. The molecule has 5 nitrogen and oxygen atoms in total. The topological polar surface area (TPSA) is 80.5 Å². The predicted molar refractivity (Wildman–Crippen MR) is 79.3 cm³/mol. The van der Waals surface area contributed by atoms with E-state index in [9.17, 15) is 26.4 Å². The highest BCUT2D eigenvalue weighted by atomic mass is 35.5. The Balaban J connectivity index is 3.35. The molecule has 130 valence electrons. The summed E-state index contributed by atoms with van der Waals surface area (Å²) in [5, 5.41) is -0.357. The van der Waals surface area contributed by atoms with Gasteiger partial charge in [-0.05, 0) is 24.6 Å². The van der Waals surface area contributed by atoms with E-state index in [0.29, 0.717) is 25.0 Å². The fraction of sp³-hybridized carbons (Fsp3) is 0.462. The van der Waals surface area contributed by atoms with Gasteiger partial charge in [-0.2, -0.15) is 17.5 Å². The number of hydrogen-bond donors (Lipinski definition) is 1. The van der Waals surface area contributed by atoms with Gasteiger partial charge < -0.3 is 5.73 Å². The lowest BCUT2D eigenvalue weighted by atomic mass is 10.2. The third kappa shape index (κ3) is 5.08. The summed E-state index contributed by atoms with van der Waals surface area (Å²) in [4.78, 5) is 10.4. The number of amides is 1. The summed E-state index contributed by atoms with van der Waals surface area (Å²) in [5.41, 5.74) is 3.88. The minimum atomic E-state index is -4.72. The number of benzene rings is 1. The Morgan fingerprint density at radius 3 is 2.43 bits per heavy atom. The van der Waals surface area contributed by atoms with Crippen LogP contribution in [0.3, 0.4) is 0 Å². The Hall–Kier alpha value is -1.32. The van der Waals surface area contributed by atoms with Crippen molar-refractivity contribution in [1.29, 1.82) is 0 Å². The van der Waals surface area contributed by atoms with Crippen molar-refractivity contribution in [3.8, 4) is 0 Å². The van der Waals surface area contributed by atoms with E-state index in [2.05, 4.69) is 0 Å². The number of nitrogens with zero attached hydrogens (tertiary/aromatic N) is 1. The number of rotatable bonds is 7. The van der Waals surface area contributed by atoms with Gasteiger partial charge in [-0.1, -0.05) is 24.9 Å². The zero-order chi connectivity index (χ0) is 17.8. The fourth-order valence-corrected chi connectivity index (χ4v) is 3.75. The smallest absolute Gasteiger partial charge is 0.369 e. The van der Waals surface area contributed by atoms with Gasteiger partial charge in [0.15, 0.2) is 0 Å². The van der Waals surface area contributed by atoms with Crippen LogP contribution in [0.5, 0.6) is 0 Å². The lowest BCUT2D eigenvalue weighted by molar-refractivity contribution is -0.137. The van der Waals surface area contributed by atoms with Crippen LogP contribution in [0, 0.1) is 0 Å². The van der Waals surface area contributed by atoms with Crippen molar-refractivity contribution in [1.82, 2.24) is 4.31 Å². The van der Waals surface area contributed by atoms with Gasteiger partial charge >= 0.3 is 6.18 Å². The van der Waals surface area contributed by atoms with Crippen LogP contribution in [-0.2, 0) is 21.0 Å². The van der Waals surface area contributed by atoms with Gasteiger partial charge in [-0.15, -0.1) is 0 Å². The number of carbonyl (C=O) groups excluding carboxylic acids is 1. The first-order valence-electron chi connectivity index (χ1n) is 6.65. The predicted octanol–water partition coefficient (Wildman–Crippen LogP) is 2.63. The zero-order valence-electron chi connectivity index (χ0n) is 12.2. The molecular weight excluding hydrogens is 357 g/mol. The van der Waals surface area contributed by atoms with E-state index in [4.69, 9.17) is 17.3 Å². The molecule has 1 amide bonds. The Morgan fingerprint density at radius 2 is 1.96 bits per heavy atom. The Morgan fingerprint density at radius 1 is 1.35 bits per heavy atom. The van der Waals surface area contributed by atoms with E-state index in [0.717, 1.165) is 10.4 Å². The van der Waals surface area contributed by atoms with Crippen molar-refractivity contribution in [2.45, 2.75) is 30.8 Å². The molecule has 0 saturated heterocycles. The standard InChI is InChI=1S/C13H16ClF3N2O3S/c1-2-3-6-19(8-12(18)20)23(21,22)11-7-9(13(15,16)17)4-5-10(11)14/h4-5,7H,2-3,6,8H2,1H3,(H2,18,20). The molecule has 23 heavy (non-hydrogen) atoms. The minimum absolute atomic E-state index is 0.0473. The Kier molecular flexibility index (Phi) is 6.43. The van der Waals surface area contributed by atoms with Crippen LogP contribution < -0.4 is 5.73 Å². The van der Waals surface area contributed by atoms with E-state index in [1.54, 1.807) is 6.92 Å². The lowest BCUT2D eigenvalue weighted by Gasteiger charge is -2.21. The van der Waals surface area contributed by atoms with E-state index >= 15 is 0 Å². The molecule has 0 aromatic heterocycles. The van der Waals surface area contributed by atoms with Crippen molar-refractivity contribution in [3.63, 3.8) is 0 Å². The molecular formula is C13H16ClF3N2O3S. The zero-order valence-corrected chi connectivity index (χ0v) is 13.8. The Labute approximate surface area is 137 Å². The van der Waals surface area contributed by atoms with Gasteiger partial charge in [0.2, 0.25) is 15.9 Å². The van der Waals surface area contributed by atoms with E-state index in [1.807, 2.05) is 0 Å². The first-order valence-corrected chi connectivity index (χ1v) is 8.47. The van der Waals surface area contributed by atoms with Crippen LogP contribution in [0.2, 0.25) is 5.02 Å². The van der Waals surface area contributed by atoms with Gasteiger partial charge in [0.1, 0.15) is 4.90 Å². The van der Waals surface area contributed by atoms with Crippen molar-refractivity contribution in [3.05, 3.63) is 28.8 Å². The maximum Gasteiger partial charge on any atom is 0.416 e. The summed E-state index contributed by atoms with van der Waals surface area (Å²) in [7, 11) is -4.38. The quantitative estimate of drug-likeness (QED) is 0.799. The molecule has 1 aromatic carbocycles. The second-order valence-electron chi connectivity index (χ2n) is 4.80. The molecule has 0 radical (unpaired) electrons. The second kappa shape index (κ2) is 7.50. The minimum Gasteiger partial charge on any atom is -0.369 e. The van der Waals surface area contributed by atoms with Crippen molar-refractivity contribution in [2.24, 2.45) is 5.73 Å². The highest BCUT2D eigenvalue weighted by molar-refractivity contribution is 7.89. The number of halogens is 4. The van der Waals surface area contributed by atoms with Gasteiger partial charge in [-0.25, -0.2) is 8.42 Å². The molecule has 0 fully saturated rings. The van der Waals surface area contributed by atoms with Crippen molar-refractivity contribution >= 4 is 27.5 Å². The monoisotopic (exact) mass is 372 g/mol. The number of carbonyl (C=O) groups is 1. The van der Waals surface area contributed by atoms with E-state index in [1.165, 1.54) is 0 Å². The molecule has 0 saturated carbocycles. The summed E-state index contributed by atoms with van der Waals surface area (Å²) < 4.78 is 64.1. The van der Waals surface area contributed by atoms with Crippen LogP contribution in [0.15, 0.2) is 23.1 Å². The van der Waals surface area contributed by atoms with Gasteiger partial charge in [-0.3, -0.25) is 4.79 Å². The Bertz CT molecular complexity index is 678. The third-order valence-corrected chi connectivity index (χ3v) is 5.30. The summed E-state index contributed by atoms with van der Waals surface area (Å²) in [6.45, 7) is 1.12. The molecule has 1 rings (SSSR count). The fourth-order valence-electron chi connectivity index (χ4n) is 1.81. The van der Waals surface area contributed by atoms with Crippen LogP contribution >= 0.6 is 11.6 Å². The highest BCUT2D eigenvalue weighted by Gasteiger charge is 2.34. The first kappa shape index (κ1) is 19.7. The normalized spacial score (nSPS) is 12.6. The summed E-state index contributed by atoms with van der Waals surface area (Å²) in [6, 6.07) is 2.00. The number of hydrogen-bond acceptors (Lipinski definition) is 3. The molecule has 1 aromatic rings. The molecule has 0 unspecified atom stereocenters. The molecule has 0 heterocycles. The number of nitrogens with two attached hydrogens (primary N) is 1. The highest BCUT2D eigenvalue weighted by Crippen LogP contribution is 2.34. The molecule has 0 spiro atoms. The van der Waals surface area contributed by atoms with E-state index in [-0.39, 0.29) is 11.6 Å². The lowest BCUT2D eigenvalue weighted by Crippen LogP contribution is -2.39. The van der Waals surface area contributed by atoms with Crippen LogP contribution in [-0.4, -0.2) is 31.7 Å². The maximum absolute atomic E-state index is 12.8. The van der Waals surface area contributed by atoms with Gasteiger partial charge in [0, 0.05) is 6.54 Å². The largest absolute Gasteiger partial charge is 0.416 e. The van der Waals surface area contributed by atoms with Crippen LogP contribution in [0.4, 0.5) is 13.2 Å². The number of sulfonamides is 1. The number of unbranched alkanes of at least 4 members (excludes halogenated alkanes) is 1. The molecule has 0 aliphatic carbocycles. The number of primary amides is 1. The van der Waals surface area contributed by atoms with Crippen molar-refractivity contribution in [2.75, 3.05) is 13.1 Å². The maximum atomic E-state index is 12.8. The van der Waals surface area contributed by atoms with Gasteiger partial charge in [0.05, 0.1) is 17.1 Å².